The Morgan fingerprint density at radius 2 is 2.39 bits per heavy atom. The Balaban J connectivity index is 2.47. The van der Waals surface area contributed by atoms with Crippen LogP contribution in [0.1, 0.15) is 26.7 Å². The number of imidazole rings is 1. The number of nitrogens with two attached hydrogens (primary N) is 1. The lowest BCUT2D eigenvalue weighted by Crippen LogP contribution is -2.53. The maximum Gasteiger partial charge on any atom is 0.237 e. The molecule has 6 heteroatoms. The largest absolute Gasteiger partial charge is 0.368 e. The van der Waals surface area contributed by atoms with Crippen molar-refractivity contribution < 1.29 is 4.79 Å². The van der Waals surface area contributed by atoms with Gasteiger partial charge in [0.15, 0.2) is 5.16 Å². The van der Waals surface area contributed by atoms with Gasteiger partial charge >= 0.3 is 0 Å². The van der Waals surface area contributed by atoms with Crippen LogP contribution in [0.3, 0.4) is 0 Å². The number of hydrogen-bond donors (Lipinski definition) is 2. The topological polar surface area (TPSA) is 72.9 Å². The van der Waals surface area contributed by atoms with Crippen molar-refractivity contribution >= 4 is 17.7 Å². The second-order valence-electron chi connectivity index (χ2n) is 4.54. The summed E-state index contributed by atoms with van der Waals surface area (Å²) in [5.41, 5.74) is 4.84. The van der Waals surface area contributed by atoms with Gasteiger partial charge in [-0.15, -0.1) is 0 Å². The zero-order valence-electron chi connectivity index (χ0n) is 11.3. The molecule has 1 amide bonds. The standard InChI is InChI=1S/C12H22N4OS/c1-4-6-15-12(2,10(13)17)5-9-18-11-14-7-8-16(11)3/h7-8,15H,4-6,9H2,1-3H3,(H2,13,17). The Morgan fingerprint density at radius 1 is 1.67 bits per heavy atom. The smallest absolute Gasteiger partial charge is 0.237 e. The summed E-state index contributed by atoms with van der Waals surface area (Å²) in [6, 6.07) is 0. The van der Waals surface area contributed by atoms with E-state index in [1.165, 1.54) is 0 Å². The molecule has 0 radical (unpaired) electrons. The van der Waals surface area contributed by atoms with Crippen molar-refractivity contribution in [3.05, 3.63) is 12.4 Å². The lowest BCUT2D eigenvalue weighted by molar-refractivity contribution is -0.123. The summed E-state index contributed by atoms with van der Waals surface area (Å²) < 4.78 is 1.96. The van der Waals surface area contributed by atoms with Crippen molar-refractivity contribution in [2.45, 2.75) is 37.4 Å². The van der Waals surface area contributed by atoms with Crippen LogP contribution >= 0.6 is 11.8 Å². The Bertz CT molecular complexity index is 393. The predicted molar refractivity (Wildman–Crippen MR) is 74.4 cm³/mol. The highest BCUT2D eigenvalue weighted by Crippen LogP contribution is 2.20. The molecule has 1 rings (SSSR count). The average molecular weight is 270 g/mol. The first-order valence-corrected chi connectivity index (χ1v) is 7.13. The summed E-state index contributed by atoms with van der Waals surface area (Å²) >= 11 is 1.64. The molecular weight excluding hydrogens is 248 g/mol. The minimum atomic E-state index is -0.631. The number of nitrogens with zero attached hydrogens (tertiary/aromatic N) is 2. The number of hydrogen-bond acceptors (Lipinski definition) is 4. The summed E-state index contributed by atoms with van der Waals surface area (Å²) in [5, 5.41) is 4.18. The fourth-order valence-electron chi connectivity index (χ4n) is 1.54. The Morgan fingerprint density at radius 3 is 2.89 bits per heavy atom. The van der Waals surface area contributed by atoms with E-state index in [0.717, 1.165) is 23.9 Å². The van der Waals surface area contributed by atoms with Gasteiger partial charge in [0.2, 0.25) is 5.91 Å². The Labute approximate surface area is 113 Å². The number of rotatable bonds is 8. The van der Waals surface area contributed by atoms with E-state index in [2.05, 4.69) is 17.2 Å². The summed E-state index contributed by atoms with van der Waals surface area (Å²) in [5.74, 6) is 0.512. The van der Waals surface area contributed by atoms with Crippen molar-refractivity contribution in [1.29, 1.82) is 0 Å². The van der Waals surface area contributed by atoms with Gasteiger partial charge in [-0.25, -0.2) is 4.98 Å². The molecule has 0 fully saturated rings. The van der Waals surface area contributed by atoms with Crippen molar-refractivity contribution in [2.24, 2.45) is 12.8 Å². The summed E-state index contributed by atoms with van der Waals surface area (Å²) in [4.78, 5) is 15.7. The molecule has 0 spiro atoms. The highest BCUT2D eigenvalue weighted by Gasteiger charge is 2.29. The molecule has 102 valence electrons. The fraction of sp³-hybridized carbons (Fsp3) is 0.667. The first kappa shape index (κ1) is 15.0. The molecule has 1 unspecified atom stereocenters. The van der Waals surface area contributed by atoms with Gasteiger partial charge in [0.05, 0.1) is 5.54 Å². The van der Waals surface area contributed by atoms with Crippen molar-refractivity contribution in [3.63, 3.8) is 0 Å². The van der Waals surface area contributed by atoms with Gasteiger partial charge in [0.1, 0.15) is 0 Å². The molecule has 1 aromatic rings. The van der Waals surface area contributed by atoms with Crippen molar-refractivity contribution in [1.82, 2.24) is 14.9 Å². The van der Waals surface area contributed by atoms with E-state index < -0.39 is 5.54 Å². The maximum atomic E-state index is 11.5. The van der Waals surface area contributed by atoms with Crippen molar-refractivity contribution in [3.8, 4) is 0 Å². The van der Waals surface area contributed by atoms with E-state index >= 15 is 0 Å². The van der Waals surface area contributed by atoms with Crippen LogP contribution in [0.15, 0.2) is 17.6 Å². The number of primary amides is 1. The van der Waals surface area contributed by atoms with Crippen LogP contribution in [0.2, 0.25) is 0 Å². The van der Waals surface area contributed by atoms with E-state index in [4.69, 9.17) is 5.73 Å². The minimum Gasteiger partial charge on any atom is -0.368 e. The second-order valence-corrected chi connectivity index (χ2v) is 5.60. The number of amides is 1. The SMILES string of the molecule is CCCNC(C)(CCSc1nccn1C)C(N)=O. The third kappa shape index (κ3) is 4.03. The predicted octanol–water partition coefficient (Wildman–Crippen LogP) is 1.15. The minimum absolute atomic E-state index is 0.295. The van der Waals surface area contributed by atoms with E-state index in [-0.39, 0.29) is 5.91 Å². The van der Waals surface area contributed by atoms with Crippen LogP contribution < -0.4 is 11.1 Å². The Kier molecular flexibility index (Phi) is 5.68. The molecule has 0 bridgehead atoms. The highest BCUT2D eigenvalue weighted by molar-refractivity contribution is 7.99. The molecule has 1 heterocycles. The van der Waals surface area contributed by atoms with Gasteiger partial charge < -0.3 is 15.6 Å². The lowest BCUT2D eigenvalue weighted by Gasteiger charge is -2.27. The third-order valence-electron chi connectivity index (χ3n) is 2.92. The average Bonchev–Trinajstić information content (AvgIpc) is 2.72. The van der Waals surface area contributed by atoms with E-state index in [9.17, 15) is 4.79 Å². The zero-order valence-corrected chi connectivity index (χ0v) is 12.1. The van der Waals surface area contributed by atoms with Gasteiger partial charge in [-0.3, -0.25) is 4.79 Å². The summed E-state index contributed by atoms with van der Waals surface area (Å²) in [7, 11) is 1.96. The number of thioether (sulfide) groups is 1. The van der Waals surface area contributed by atoms with Crippen molar-refractivity contribution in [2.75, 3.05) is 12.3 Å². The van der Waals surface area contributed by atoms with Gasteiger partial charge in [-0.1, -0.05) is 18.7 Å². The number of nitrogens with one attached hydrogen (secondary N) is 1. The Hall–Kier alpha value is -1.01. The van der Waals surface area contributed by atoms with E-state index in [1.54, 1.807) is 18.0 Å². The molecule has 1 atom stereocenters. The molecule has 18 heavy (non-hydrogen) atoms. The summed E-state index contributed by atoms with van der Waals surface area (Å²) in [6.07, 6.45) is 5.35. The molecule has 3 N–H and O–H groups in total. The third-order valence-corrected chi connectivity index (χ3v) is 3.98. The molecule has 0 aliphatic rings. The molecule has 1 aromatic heterocycles. The number of aromatic nitrogens is 2. The zero-order chi connectivity index (χ0) is 13.6. The molecule has 0 saturated heterocycles. The monoisotopic (exact) mass is 270 g/mol. The quantitative estimate of drug-likeness (QED) is 0.695. The van der Waals surface area contributed by atoms with Gasteiger partial charge in [0, 0.05) is 25.2 Å². The lowest BCUT2D eigenvalue weighted by atomic mass is 9.98. The molecule has 5 nitrogen and oxygen atoms in total. The van der Waals surface area contributed by atoms with E-state index in [0.29, 0.717) is 6.42 Å². The highest BCUT2D eigenvalue weighted by atomic mass is 32.2. The number of carbonyl (C=O) groups is 1. The van der Waals surface area contributed by atoms with Crippen LogP contribution in [-0.2, 0) is 11.8 Å². The van der Waals surface area contributed by atoms with Crippen LogP contribution in [0.5, 0.6) is 0 Å². The van der Waals surface area contributed by atoms with Crippen LogP contribution in [0, 0.1) is 0 Å². The fourth-order valence-corrected chi connectivity index (χ4v) is 2.63. The first-order valence-electron chi connectivity index (χ1n) is 6.14. The molecular formula is C12H22N4OS. The maximum absolute atomic E-state index is 11.5. The van der Waals surface area contributed by atoms with Crippen LogP contribution in [0.25, 0.3) is 0 Å². The van der Waals surface area contributed by atoms with Crippen LogP contribution in [0.4, 0.5) is 0 Å². The number of carbonyl (C=O) groups excluding carboxylic acids is 1. The first-order chi connectivity index (χ1) is 8.49. The molecule has 0 aromatic carbocycles. The number of aryl methyl sites for hydroxylation is 1. The van der Waals surface area contributed by atoms with Gasteiger partial charge in [-0.05, 0) is 26.3 Å². The molecule has 0 aliphatic carbocycles. The van der Waals surface area contributed by atoms with Gasteiger partial charge in [-0.2, -0.15) is 0 Å². The van der Waals surface area contributed by atoms with E-state index in [1.807, 2.05) is 24.7 Å². The molecule has 0 aliphatic heterocycles. The van der Waals surface area contributed by atoms with Gasteiger partial charge in [0.25, 0.3) is 0 Å². The van der Waals surface area contributed by atoms with Crippen LogP contribution in [-0.4, -0.2) is 33.3 Å². The normalized spacial score (nSPS) is 14.4. The summed E-state index contributed by atoms with van der Waals surface area (Å²) in [6.45, 7) is 4.73. The molecule has 0 saturated carbocycles. The second kappa shape index (κ2) is 6.80.